The van der Waals surface area contributed by atoms with Gasteiger partial charge in [0.05, 0.1) is 16.4 Å². The molecule has 0 spiro atoms. The van der Waals surface area contributed by atoms with Gasteiger partial charge in [0.1, 0.15) is 4.90 Å². The highest BCUT2D eigenvalue weighted by atomic mass is 35.5. The van der Waals surface area contributed by atoms with Gasteiger partial charge in [-0.2, -0.15) is 18.2 Å². The van der Waals surface area contributed by atoms with Gasteiger partial charge in [0, 0.05) is 16.1 Å². The van der Waals surface area contributed by atoms with Crippen LogP contribution in [0, 0.1) is 0 Å². The third kappa shape index (κ3) is 4.58. The molecule has 0 fully saturated rings. The largest absolute Gasteiger partial charge is 0.358 e. The maximum atomic E-state index is 12.8. The molecule has 27 heavy (non-hydrogen) atoms. The fourth-order valence-electron chi connectivity index (χ4n) is 2.44. The van der Waals surface area contributed by atoms with Crippen LogP contribution in [0.3, 0.4) is 0 Å². The molecule has 9 heteroatoms. The first kappa shape index (κ1) is 20.0. The molecule has 0 aliphatic heterocycles. The van der Waals surface area contributed by atoms with Crippen LogP contribution in [-0.4, -0.2) is 18.2 Å². The van der Waals surface area contributed by atoms with Gasteiger partial charge in [0.15, 0.2) is 0 Å². The predicted octanol–water partition coefficient (Wildman–Crippen LogP) is 5.55. The van der Waals surface area contributed by atoms with E-state index in [1.54, 1.807) is 30.3 Å². The van der Waals surface area contributed by atoms with E-state index in [0.29, 0.717) is 22.8 Å². The van der Waals surface area contributed by atoms with Crippen molar-refractivity contribution in [3.8, 4) is 11.6 Å². The van der Waals surface area contributed by atoms with Gasteiger partial charge in [-0.3, -0.25) is 0 Å². The molecule has 2 aromatic carbocycles. The summed E-state index contributed by atoms with van der Waals surface area (Å²) < 4.78 is 32.3. The molecule has 3 rings (SSSR count). The van der Waals surface area contributed by atoms with E-state index in [-0.39, 0.29) is 20.8 Å². The fourth-order valence-corrected chi connectivity index (χ4v) is 4.22. The number of nitrogens with zero attached hydrogens (tertiary/aromatic N) is 2. The van der Waals surface area contributed by atoms with Gasteiger partial charge in [0.2, 0.25) is 5.88 Å². The molecule has 0 atom stereocenters. The first-order chi connectivity index (χ1) is 12.8. The lowest BCUT2D eigenvalue weighted by molar-refractivity contribution is 0.465. The highest BCUT2D eigenvalue weighted by Crippen LogP contribution is 2.29. The average molecular weight is 446 g/mol. The Morgan fingerprint density at radius 3 is 2.33 bits per heavy atom. The number of rotatable bonds is 6. The van der Waals surface area contributed by atoms with E-state index >= 15 is 0 Å². The van der Waals surface area contributed by atoms with Crippen molar-refractivity contribution in [3.05, 3.63) is 69.3 Å². The van der Waals surface area contributed by atoms with Crippen LogP contribution in [-0.2, 0) is 16.5 Å². The van der Waals surface area contributed by atoms with Gasteiger partial charge in [0.25, 0.3) is 0 Å². The second-order valence-electron chi connectivity index (χ2n) is 5.72. The van der Waals surface area contributed by atoms with E-state index < -0.39 is 10.1 Å². The number of benzene rings is 2. The van der Waals surface area contributed by atoms with Gasteiger partial charge in [-0.05, 0) is 48.9 Å². The van der Waals surface area contributed by atoms with E-state index in [2.05, 4.69) is 5.10 Å². The molecule has 0 aliphatic carbocycles. The standard InChI is InChI=1S/C18H15Cl3N2O3S/c1-2-3-14-11-18(23(22-14)15-7-4-12(19)5-8-15)26-27(24,25)17-10-13(20)6-9-16(17)21/h4-11H,2-3H2,1H3. The Labute approximate surface area is 172 Å². The van der Waals surface area contributed by atoms with Gasteiger partial charge in [-0.1, -0.05) is 48.1 Å². The molecule has 0 saturated carbocycles. The molecule has 142 valence electrons. The summed E-state index contributed by atoms with van der Waals surface area (Å²) in [7, 11) is -4.21. The van der Waals surface area contributed by atoms with Crippen LogP contribution in [0.15, 0.2) is 53.4 Å². The molecule has 0 N–H and O–H groups in total. The minimum Gasteiger partial charge on any atom is -0.358 e. The SMILES string of the molecule is CCCc1cc(OS(=O)(=O)c2cc(Cl)ccc2Cl)n(-c2ccc(Cl)cc2)n1. The number of hydrogen-bond acceptors (Lipinski definition) is 4. The zero-order chi connectivity index (χ0) is 19.6. The van der Waals surface area contributed by atoms with Gasteiger partial charge in [-0.15, -0.1) is 0 Å². The van der Waals surface area contributed by atoms with Crippen molar-refractivity contribution in [2.24, 2.45) is 0 Å². The third-order valence-corrected chi connectivity index (χ3v) is 5.86. The van der Waals surface area contributed by atoms with Crippen molar-refractivity contribution in [1.29, 1.82) is 0 Å². The Morgan fingerprint density at radius 1 is 1.00 bits per heavy atom. The summed E-state index contributed by atoms with van der Waals surface area (Å²) in [6.07, 6.45) is 1.53. The Balaban J connectivity index is 2.05. The molecule has 0 unspecified atom stereocenters. The number of aromatic nitrogens is 2. The van der Waals surface area contributed by atoms with Crippen molar-refractivity contribution >= 4 is 44.9 Å². The minimum absolute atomic E-state index is 0.0192. The molecule has 1 heterocycles. The minimum atomic E-state index is -4.21. The second-order valence-corrected chi connectivity index (χ2v) is 8.52. The van der Waals surface area contributed by atoms with Crippen LogP contribution in [0.5, 0.6) is 5.88 Å². The molecular weight excluding hydrogens is 431 g/mol. The lowest BCUT2D eigenvalue weighted by Gasteiger charge is -2.10. The molecule has 0 bridgehead atoms. The molecular formula is C18H15Cl3N2O3S. The first-order valence-electron chi connectivity index (χ1n) is 8.04. The molecule has 5 nitrogen and oxygen atoms in total. The quantitative estimate of drug-likeness (QED) is 0.466. The van der Waals surface area contributed by atoms with Crippen molar-refractivity contribution in [3.63, 3.8) is 0 Å². The van der Waals surface area contributed by atoms with Crippen LogP contribution in [0.4, 0.5) is 0 Å². The first-order valence-corrected chi connectivity index (χ1v) is 10.6. The third-order valence-electron chi connectivity index (χ3n) is 3.66. The fraction of sp³-hybridized carbons (Fsp3) is 0.167. The van der Waals surface area contributed by atoms with E-state index in [9.17, 15) is 8.42 Å². The van der Waals surface area contributed by atoms with E-state index in [1.807, 2.05) is 6.92 Å². The summed E-state index contributed by atoms with van der Waals surface area (Å²) in [6.45, 7) is 2.00. The van der Waals surface area contributed by atoms with Crippen molar-refractivity contribution in [1.82, 2.24) is 9.78 Å². The van der Waals surface area contributed by atoms with Crippen molar-refractivity contribution in [2.75, 3.05) is 0 Å². The summed E-state index contributed by atoms with van der Waals surface area (Å²) in [4.78, 5) is -0.211. The maximum absolute atomic E-state index is 12.8. The predicted molar refractivity (Wildman–Crippen MR) is 107 cm³/mol. The second kappa shape index (κ2) is 8.10. The molecule has 0 amide bonds. The maximum Gasteiger partial charge on any atom is 0.342 e. The van der Waals surface area contributed by atoms with E-state index in [0.717, 1.165) is 6.42 Å². The zero-order valence-corrected chi connectivity index (χ0v) is 17.3. The molecule has 0 radical (unpaired) electrons. The highest BCUT2D eigenvalue weighted by Gasteiger charge is 2.24. The summed E-state index contributed by atoms with van der Waals surface area (Å²) in [6, 6.07) is 12.5. The Morgan fingerprint density at radius 2 is 1.67 bits per heavy atom. The monoisotopic (exact) mass is 444 g/mol. The lowest BCUT2D eigenvalue weighted by atomic mass is 10.3. The Bertz CT molecular complexity index is 1060. The van der Waals surface area contributed by atoms with Crippen LogP contribution in [0.1, 0.15) is 19.0 Å². The average Bonchev–Trinajstić information content (AvgIpc) is 2.99. The molecule has 1 aromatic heterocycles. The molecule has 0 saturated heterocycles. The van der Waals surface area contributed by atoms with Crippen LogP contribution in [0.25, 0.3) is 5.69 Å². The summed E-state index contributed by atoms with van der Waals surface area (Å²) in [5.41, 5.74) is 1.32. The normalized spacial score (nSPS) is 11.6. The molecule has 3 aromatic rings. The van der Waals surface area contributed by atoms with Gasteiger partial charge in [-0.25, -0.2) is 0 Å². The smallest absolute Gasteiger partial charge is 0.342 e. The highest BCUT2D eigenvalue weighted by molar-refractivity contribution is 7.87. The number of halogens is 3. The molecule has 0 aliphatic rings. The Hall–Kier alpha value is -1.73. The zero-order valence-electron chi connectivity index (χ0n) is 14.2. The van der Waals surface area contributed by atoms with Crippen molar-refractivity contribution in [2.45, 2.75) is 24.7 Å². The van der Waals surface area contributed by atoms with E-state index in [4.69, 9.17) is 39.0 Å². The van der Waals surface area contributed by atoms with Crippen LogP contribution in [0.2, 0.25) is 15.1 Å². The topological polar surface area (TPSA) is 61.2 Å². The van der Waals surface area contributed by atoms with Gasteiger partial charge < -0.3 is 4.18 Å². The Kier molecular flexibility index (Phi) is 6.01. The number of aryl methyl sites for hydroxylation is 1. The number of hydrogen-bond donors (Lipinski definition) is 0. The summed E-state index contributed by atoms with van der Waals surface area (Å²) in [5, 5.41) is 5.25. The van der Waals surface area contributed by atoms with E-state index in [1.165, 1.54) is 22.9 Å². The van der Waals surface area contributed by atoms with Crippen LogP contribution < -0.4 is 4.18 Å². The summed E-state index contributed by atoms with van der Waals surface area (Å²) in [5.74, 6) is 0.0526. The van der Waals surface area contributed by atoms with Gasteiger partial charge >= 0.3 is 10.1 Å². The lowest BCUT2D eigenvalue weighted by Crippen LogP contribution is -2.13. The van der Waals surface area contributed by atoms with Crippen LogP contribution >= 0.6 is 34.8 Å². The summed E-state index contributed by atoms with van der Waals surface area (Å²) >= 11 is 17.9. The van der Waals surface area contributed by atoms with Crippen molar-refractivity contribution < 1.29 is 12.6 Å².